The summed E-state index contributed by atoms with van der Waals surface area (Å²) in [6, 6.07) is 3.44. The lowest BCUT2D eigenvalue weighted by atomic mass is 10.1. The van der Waals surface area contributed by atoms with Crippen LogP contribution in [0.5, 0.6) is 0 Å². The summed E-state index contributed by atoms with van der Waals surface area (Å²) < 4.78 is 13.5. The van der Waals surface area contributed by atoms with Gasteiger partial charge in [0, 0.05) is 18.0 Å². The zero-order valence-electron chi connectivity index (χ0n) is 10.3. The van der Waals surface area contributed by atoms with Crippen LogP contribution in [0.15, 0.2) is 24.5 Å². The van der Waals surface area contributed by atoms with Crippen LogP contribution < -0.4 is 16.6 Å². The predicted octanol–water partition coefficient (Wildman–Crippen LogP) is 2.58. The number of aryl methyl sites for hydroxylation is 1. The van der Waals surface area contributed by atoms with E-state index in [4.69, 9.17) is 11.6 Å². The molecule has 3 nitrogen and oxygen atoms in total. The second-order valence-electron chi connectivity index (χ2n) is 3.09. The largest absolute Gasteiger partial charge is 0.403 e. The molecule has 0 radical (unpaired) electrons. The van der Waals surface area contributed by atoms with Crippen LogP contribution in [0.3, 0.4) is 0 Å². The zero-order valence-corrected chi connectivity index (χ0v) is 10.3. The molecule has 1 rings (SSSR count). The van der Waals surface area contributed by atoms with E-state index in [9.17, 15) is 4.39 Å². The Morgan fingerprint density at radius 1 is 1.25 bits per heavy atom. The van der Waals surface area contributed by atoms with Gasteiger partial charge in [0.1, 0.15) is 5.82 Å². The molecule has 1 aromatic carbocycles. The van der Waals surface area contributed by atoms with E-state index < -0.39 is 0 Å². The van der Waals surface area contributed by atoms with E-state index in [0.29, 0.717) is 16.8 Å². The van der Waals surface area contributed by atoms with Crippen LogP contribution in [0.4, 0.5) is 10.1 Å². The Morgan fingerprint density at radius 3 is 2.31 bits per heavy atom. The van der Waals surface area contributed by atoms with E-state index in [1.807, 2.05) is 13.8 Å². The summed E-state index contributed by atoms with van der Waals surface area (Å²) in [5.74, 6) is 5.39. The van der Waals surface area contributed by atoms with Gasteiger partial charge in [0.15, 0.2) is 0 Å². The molecule has 0 aliphatic heterocycles. The van der Waals surface area contributed by atoms with Gasteiger partial charge in [-0.1, -0.05) is 19.9 Å². The number of hydrazine groups is 1. The molecule has 0 bridgehead atoms. The van der Waals surface area contributed by atoms with Crippen LogP contribution in [0.25, 0.3) is 0 Å². The van der Waals surface area contributed by atoms with E-state index >= 15 is 0 Å². The Kier molecular flexibility index (Phi) is 6.18. The van der Waals surface area contributed by atoms with Crippen molar-refractivity contribution >= 4 is 5.69 Å². The molecule has 0 fully saturated rings. The minimum absolute atomic E-state index is 0.233. The number of benzene rings is 1. The van der Waals surface area contributed by atoms with Crippen LogP contribution in [-0.4, -0.2) is 0 Å². The van der Waals surface area contributed by atoms with Gasteiger partial charge >= 0.3 is 0 Å². The fourth-order valence-electron chi connectivity index (χ4n) is 1.26. The summed E-state index contributed by atoms with van der Waals surface area (Å²) in [7, 11) is 0. The maximum atomic E-state index is 13.5. The molecule has 0 aliphatic carbocycles. The summed E-state index contributed by atoms with van der Waals surface area (Å²) in [5, 5.41) is 1.29. The molecule has 0 saturated carbocycles. The van der Waals surface area contributed by atoms with Gasteiger partial charge in [0.2, 0.25) is 0 Å². The molecule has 0 amide bonds. The highest BCUT2D eigenvalue weighted by molar-refractivity contribution is 5.55. The number of nitrogens with zero attached hydrogens (tertiary/aromatic N) is 1. The molecule has 4 heteroatoms. The van der Waals surface area contributed by atoms with Crippen molar-refractivity contribution in [3.63, 3.8) is 0 Å². The van der Waals surface area contributed by atoms with E-state index in [0.717, 1.165) is 0 Å². The lowest BCUT2D eigenvalue weighted by Gasteiger charge is -2.17. The van der Waals surface area contributed by atoms with Gasteiger partial charge in [0.25, 0.3) is 0 Å². The normalized spacial score (nSPS) is 9.88. The average molecular weight is 225 g/mol. The van der Waals surface area contributed by atoms with Gasteiger partial charge in [-0.25, -0.2) is 10.2 Å². The smallest absolute Gasteiger partial charge is 0.131 e. The van der Waals surface area contributed by atoms with Gasteiger partial charge in [0.05, 0.1) is 5.69 Å². The third-order valence-electron chi connectivity index (χ3n) is 2.08. The highest BCUT2D eigenvalue weighted by Crippen LogP contribution is 2.22. The van der Waals surface area contributed by atoms with Crippen LogP contribution in [-0.2, 0) is 0 Å². The van der Waals surface area contributed by atoms with E-state index in [1.54, 1.807) is 26.0 Å². The van der Waals surface area contributed by atoms with Gasteiger partial charge in [-0.2, -0.15) is 0 Å². The van der Waals surface area contributed by atoms with E-state index in [-0.39, 0.29) is 5.82 Å². The zero-order chi connectivity index (χ0) is 12.7. The number of halogens is 1. The Morgan fingerprint density at radius 2 is 1.81 bits per heavy atom. The summed E-state index contributed by atoms with van der Waals surface area (Å²) in [6.45, 7) is 7.40. The third kappa shape index (κ3) is 3.24. The molecule has 1 aromatic rings. The second kappa shape index (κ2) is 6.85. The molecule has 0 aromatic heterocycles. The molecule has 4 N–H and O–H groups in total. The minimum atomic E-state index is -0.233. The third-order valence-corrected chi connectivity index (χ3v) is 2.08. The standard InChI is InChI=1S/C10H14FN3.C2H6/c1-7-3-4-9(8(2)10(7)11)14(13)6-5-12;1-2/h3-6H,12-13H2,1-2H3;1-2H3/b6-5-;. The monoisotopic (exact) mass is 225 g/mol. The number of nitrogens with two attached hydrogens (primary N) is 2. The van der Waals surface area contributed by atoms with Crippen molar-refractivity contribution < 1.29 is 4.39 Å². The number of anilines is 1. The first kappa shape index (κ1) is 14.5. The maximum Gasteiger partial charge on any atom is 0.131 e. The van der Waals surface area contributed by atoms with Crippen LogP contribution in [0.2, 0.25) is 0 Å². The second-order valence-corrected chi connectivity index (χ2v) is 3.09. The molecule has 0 atom stereocenters. The Bertz CT molecular complexity index is 362. The first-order valence-electron chi connectivity index (χ1n) is 5.26. The molecule has 16 heavy (non-hydrogen) atoms. The molecule has 0 aliphatic rings. The number of hydrogen-bond acceptors (Lipinski definition) is 3. The topological polar surface area (TPSA) is 55.3 Å². The maximum absolute atomic E-state index is 13.5. The number of rotatable bonds is 2. The molecule has 0 unspecified atom stereocenters. The fourth-order valence-corrected chi connectivity index (χ4v) is 1.26. The summed E-state index contributed by atoms with van der Waals surface area (Å²) in [4.78, 5) is 0. The predicted molar refractivity (Wildman–Crippen MR) is 67.2 cm³/mol. The van der Waals surface area contributed by atoms with E-state index in [2.05, 4.69) is 0 Å². The SMILES string of the molecule is CC.Cc1ccc(N(N)/C=C\N)c(C)c1F. The van der Waals surface area contributed by atoms with Crippen molar-refractivity contribution in [1.82, 2.24) is 0 Å². The first-order valence-corrected chi connectivity index (χ1v) is 5.26. The minimum Gasteiger partial charge on any atom is -0.403 e. The number of hydrogen-bond donors (Lipinski definition) is 2. The van der Waals surface area contributed by atoms with Gasteiger partial charge in [-0.05, 0) is 25.5 Å². The Hall–Kier alpha value is -1.55. The van der Waals surface area contributed by atoms with Crippen molar-refractivity contribution in [2.45, 2.75) is 27.7 Å². The van der Waals surface area contributed by atoms with Gasteiger partial charge in [-0.3, -0.25) is 5.01 Å². The van der Waals surface area contributed by atoms with E-state index in [1.165, 1.54) is 17.4 Å². The van der Waals surface area contributed by atoms with Crippen molar-refractivity contribution in [2.75, 3.05) is 5.01 Å². The fraction of sp³-hybridized carbons (Fsp3) is 0.333. The first-order chi connectivity index (χ1) is 7.57. The summed E-state index contributed by atoms with van der Waals surface area (Å²) >= 11 is 0. The molecule has 0 saturated heterocycles. The molecule has 90 valence electrons. The summed E-state index contributed by atoms with van der Waals surface area (Å²) in [5.41, 5.74) is 6.92. The highest BCUT2D eigenvalue weighted by Gasteiger charge is 2.08. The van der Waals surface area contributed by atoms with Crippen molar-refractivity contribution in [1.29, 1.82) is 0 Å². The lowest BCUT2D eigenvalue weighted by Crippen LogP contribution is -2.25. The molecule has 0 heterocycles. The van der Waals surface area contributed by atoms with Crippen molar-refractivity contribution in [3.05, 3.63) is 41.5 Å². The average Bonchev–Trinajstić information content (AvgIpc) is 2.29. The quantitative estimate of drug-likeness (QED) is 0.601. The molecular formula is C12H20FN3. The summed E-state index contributed by atoms with van der Waals surface area (Å²) in [6.07, 6.45) is 2.77. The van der Waals surface area contributed by atoms with Crippen LogP contribution >= 0.6 is 0 Å². The Labute approximate surface area is 96.5 Å². The highest BCUT2D eigenvalue weighted by atomic mass is 19.1. The van der Waals surface area contributed by atoms with Crippen molar-refractivity contribution in [3.8, 4) is 0 Å². The van der Waals surface area contributed by atoms with Gasteiger partial charge < -0.3 is 5.73 Å². The van der Waals surface area contributed by atoms with Crippen LogP contribution in [0.1, 0.15) is 25.0 Å². The van der Waals surface area contributed by atoms with Crippen LogP contribution in [0, 0.1) is 19.7 Å². The lowest BCUT2D eigenvalue weighted by molar-refractivity contribution is 0.609. The molecule has 0 spiro atoms. The van der Waals surface area contributed by atoms with Gasteiger partial charge in [-0.15, -0.1) is 0 Å². The van der Waals surface area contributed by atoms with Crippen molar-refractivity contribution in [2.24, 2.45) is 11.6 Å². The Balaban J connectivity index is 0.00000106. The molecular weight excluding hydrogens is 205 g/mol.